The van der Waals surface area contributed by atoms with E-state index >= 15 is 0 Å². The molecule has 3 N–H and O–H groups in total. The number of carboxylic acids is 1. The molecule has 1 heterocycles. The summed E-state index contributed by atoms with van der Waals surface area (Å²) in [6.45, 7) is 1.16. The van der Waals surface area contributed by atoms with Gasteiger partial charge in [-0.3, -0.25) is 9.59 Å². The molecule has 0 fully saturated rings. The van der Waals surface area contributed by atoms with Crippen LogP contribution in [0.5, 0.6) is 11.5 Å². The molecule has 1 aliphatic heterocycles. The zero-order chi connectivity index (χ0) is 19.5. The van der Waals surface area contributed by atoms with E-state index in [0.29, 0.717) is 50.5 Å². The molecule has 1 unspecified atom stereocenters. The number of benzene rings is 1. The SMILES string of the molecule is N#C/C(=C/NCC1COc2ccccc2O1)C(=O)NCCCCCC(=O)O. The summed E-state index contributed by atoms with van der Waals surface area (Å²) in [5, 5.41) is 23.3. The van der Waals surface area contributed by atoms with E-state index in [4.69, 9.17) is 19.8 Å². The second kappa shape index (κ2) is 10.7. The fourth-order valence-electron chi connectivity index (χ4n) is 2.48. The van der Waals surface area contributed by atoms with E-state index < -0.39 is 11.9 Å². The molecule has 1 atom stereocenters. The molecular weight excluding hydrogens is 350 g/mol. The number of nitriles is 1. The number of para-hydroxylation sites is 2. The Labute approximate surface area is 157 Å². The van der Waals surface area contributed by atoms with Gasteiger partial charge in [0, 0.05) is 19.2 Å². The van der Waals surface area contributed by atoms with Crippen LogP contribution in [0.2, 0.25) is 0 Å². The Morgan fingerprint density at radius 1 is 1.26 bits per heavy atom. The minimum Gasteiger partial charge on any atom is -0.486 e. The minimum absolute atomic E-state index is 0.0299. The summed E-state index contributed by atoms with van der Waals surface area (Å²) in [4.78, 5) is 22.4. The molecule has 0 radical (unpaired) electrons. The third kappa shape index (κ3) is 6.90. The van der Waals surface area contributed by atoms with Gasteiger partial charge in [-0.05, 0) is 25.0 Å². The molecule has 8 nitrogen and oxygen atoms in total. The molecule has 0 saturated heterocycles. The Kier molecular flexibility index (Phi) is 7.97. The standard InChI is InChI=1S/C19H23N3O5/c20-10-14(19(25)22-9-5-1-2-8-18(23)24)11-21-12-15-13-26-16-6-3-4-7-17(16)27-15/h3-4,6-7,11,15,21H,1-2,5,8-9,12-13H2,(H,22,25)(H,23,24)/b14-11-. The molecule has 1 aromatic rings. The lowest BCUT2D eigenvalue weighted by Gasteiger charge is -2.26. The van der Waals surface area contributed by atoms with Gasteiger partial charge in [0.15, 0.2) is 11.5 Å². The van der Waals surface area contributed by atoms with Gasteiger partial charge in [0.05, 0.1) is 6.54 Å². The summed E-state index contributed by atoms with van der Waals surface area (Å²) in [6, 6.07) is 9.24. The number of rotatable bonds is 10. The van der Waals surface area contributed by atoms with Crippen LogP contribution in [0.4, 0.5) is 0 Å². The van der Waals surface area contributed by atoms with Gasteiger partial charge in [-0.1, -0.05) is 18.6 Å². The summed E-state index contributed by atoms with van der Waals surface area (Å²) < 4.78 is 11.4. The average Bonchev–Trinajstić information content (AvgIpc) is 2.67. The van der Waals surface area contributed by atoms with Crippen molar-refractivity contribution in [2.45, 2.75) is 31.8 Å². The van der Waals surface area contributed by atoms with Gasteiger partial charge in [-0.2, -0.15) is 5.26 Å². The molecule has 0 aromatic heterocycles. The van der Waals surface area contributed by atoms with E-state index in [1.165, 1.54) is 6.20 Å². The largest absolute Gasteiger partial charge is 0.486 e. The summed E-state index contributed by atoms with van der Waals surface area (Å²) in [5.41, 5.74) is -0.0299. The van der Waals surface area contributed by atoms with Crippen LogP contribution in [-0.4, -0.2) is 42.8 Å². The molecule has 1 aliphatic rings. The molecule has 8 heteroatoms. The number of nitrogens with one attached hydrogen (secondary N) is 2. The third-order valence-electron chi connectivity index (χ3n) is 3.88. The van der Waals surface area contributed by atoms with Crippen LogP contribution >= 0.6 is 0 Å². The summed E-state index contributed by atoms with van der Waals surface area (Å²) >= 11 is 0. The van der Waals surface area contributed by atoms with Crippen molar-refractivity contribution < 1.29 is 24.2 Å². The molecule has 0 saturated carbocycles. The minimum atomic E-state index is -0.823. The number of hydrogen-bond acceptors (Lipinski definition) is 6. The van der Waals surface area contributed by atoms with Crippen LogP contribution in [0, 0.1) is 11.3 Å². The first-order valence-electron chi connectivity index (χ1n) is 8.82. The van der Waals surface area contributed by atoms with Crippen molar-refractivity contribution in [3.63, 3.8) is 0 Å². The van der Waals surface area contributed by atoms with Gasteiger partial charge in [0.1, 0.15) is 24.4 Å². The quantitative estimate of drug-likeness (QED) is 0.323. The highest BCUT2D eigenvalue weighted by molar-refractivity contribution is 5.97. The number of ether oxygens (including phenoxy) is 2. The lowest BCUT2D eigenvalue weighted by molar-refractivity contribution is -0.137. The second-order valence-electron chi connectivity index (χ2n) is 6.04. The lowest BCUT2D eigenvalue weighted by atomic mass is 10.2. The maximum absolute atomic E-state index is 12.0. The van der Waals surface area contributed by atoms with E-state index in [1.54, 1.807) is 0 Å². The van der Waals surface area contributed by atoms with Crippen molar-refractivity contribution in [3.05, 3.63) is 36.0 Å². The van der Waals surface area contributed by atoms with Crippen molar-refractivity contribution in [2.24, 2.45) is 0 Å². The van der Waals surface area contributed by atoms with Crippen LogP contribution in [-0.2, 0) is 9.59 Å². The molecule has 144 valence electrons. The number of hydrogen-bond donors (Lipinski definition) is 3. The highest BCUT2D eigenvalue weighted by Crippen LogP contribution is 2.30. The predicted molar refractivity (Wildman–Crippen MR) is 97.2 cm³/mol. The Bertz CT molecular complexity index is 726. The van der Waals surface area contributed by atoms with Crippen molar-refractivity contribution in [1.29, 1.82) is 5.26 Å². The van der Waals surface area contributed by atoms with Crippen LogP contribution in [0.25, 0.3) is 0 Å². The normalized spacial score (nSPS) is 15.5. The highest BCUT2D eigenvalue weighted by atomic mass is 16.6. The maximum Gasteiger partial charge on any atom is 0.303 e. The van der Waals surface area contributed by atoms with E-state index in [1.807, 2.05) is 30.3 Å². The Balaban J connectivity index is 1.69. The van der Waals surface area contributed by atoms with Crippen LogP contribution < -0.4 is 20.1 Å². The monoisotopic (exact) mass is 373 g/mol. The van der Waals surface area contributed by atoms with Gasteiger partial charge < -0.3 is 25.2 Å². The van der Waals surface area contributed by atoms with Crippen LogP contribution in [0.15, 0.2) is 36.0 Å². The molecule has 0 spiro atoms. The summed E-state index contributed by atoms with van der Waals surface area (Å²) in [7, 11) is 0. The first-order chi connectivity index (χ1) is 13.1. The first-order valence-corrected chi connectivity index (χ1v) is 8.82. The Morgan fingerprint density at radius 2 is 2.04 bits per heavy atom. The van der Waals surface area contributed by atoms with E-state index in [9.17, 15) is 9.59 Å². The number of unbranched alkanes of at least 4 members (excludes halogenated alkanes) is 2. The topological polar surface area (TPSA) is 121 Å². The average molecular weight is 373 g/mol. The number of carbonyl (C=O) groups is 2. The van der Waals surface area contributed by atoms with Gasteiger partial charge in [-0.25, -0.2) is 0 Å². The van der Waals surface area contributed by atoms with Crippen LogP contribution in [0.3, 0.4) is 0 Å². The molecule has 2 rings (SSSR count). The summed E-state index contributed by atoms with van der Waals surface area (Å²) in [6.07, 6.45) is 3.20. The van der Waals surface area contributed by atoms with E-state index in [-0.39, 0.29) is 18.1 Å². The molecule has 27 heavy (non-hydrogen) atoms. The number of nitrogens with zero attached hydrogens (tertiary/aromatic N) is 1. The molecular formula is C19H23N3O5. The second-order valence-corrected chi connectivity index (χ2v) is 6.04. The smallest absolute Gasteiger partial charge is 0.303 e. The number of amides is 1. The van der Waals surface area contributed by atoms with Gasteiger partial charge >= 0.3 is 5.97 Å². The van der Waals surface area contributed by atoms with Crippen molar-refractivity contribution in [2.75, 3.05) is 19.7 Å². The first kappa shape index (κ1) is 20.1. The van der Waals surface area contributed by atoms with Crippen LogP contribution in [0.1, 0.15) is 25.7 Å². The van der Waals surface area contributed by atoms with E-state index in [0.717, 1.165) is 0 Å². The highest BCUT2D eigenvalue weighted by Gasteiger charge is 2.20. The van der Waals surface area contributed by atoms with Crippen molar-refractivity contribution in [3.8, 4) is 17.6 Å². The van der Waals surface area contributed by atoms with E-state index in [2.05, 4.69) is 10.6 Å². The maximum atomic E-state index is 12.0. The van der Waals surface area contributed by atoms with Crippen molar-refractivity contribution >= 4 is 11.9 Å². The van der Waals surface area contributed by atoms with Gasteiger partial charge in [-0.15, -0.1) is 0 Å². The number of carboxylic acid groups (broad SMARTS) is 1. The number of aliphatic carboxylic acids is 1. The molecule has 0 aliphatic carbocycles. The molecule has 0 bridgehead atoms. The zero-order valence-electron chi connectivity index (χ0n) is 14.9. The molecule has 1 aromatic carbocycles. The van der Waals surface area contributed by atoms with Gasteiger partial charge in [0.25, 0.3) is 5.91 Å². The zero-order valence-corrected chi connectivity index (χ0v) is 14.9. The molecule has 1 amide bonds. The summed E-state index contributed by atoms with van der Waals surface area (Å²) in [5.74, 6) is 0.0791. The van der Waals surface area contributed by atoms with Crippen molar-refractivity contribution in [1.82, 2.24) is 10.6 Å². The Hall–Kier alpha value is -3.21. The predicted octanol–water partition coefficient (Wildman–Crippen LogP) is 1.58. The lowest BCUT2D eigenvalue weighted by Crippen LogP contribution is -2.37. The fraction of sp³-hybridized carbons (Fsp3) is 0.421. The Morgan fingerprint density at radius 3 is 2.78 bits per heavy atom. The number of fused-ring (bicyclic) bond motifs is 1. The fourth-order valence-corrected chi connectivity index (χ4v) is 2.48. The van der Waals surface area contributed by atoms with Gasteiger partial charge in [0.2, 0.25) is 0 Å². The number of carbonyl (C=O) groups excluding carboxylic acids is 1. The third-order valence-corrected chi connectivity index (χ3v) is 3.88.